The number of carbonyl (C=O) groups excluding carboxylic acids is 2. The number of allylic oxidation sites excluding steroid dienone is 1. The number of aromatic nitrogens is 2. The average Bonchev–Trinajstić information content (AvgIpc) is 3.58. The van der Waals surface area contributed by atoms with Crippen LogP contribution in [0.2, 0.25) is 0 Å². The Labute approximate surface area is 422 Å². The summed E-state index contributed by atoms with van der Waals surface area (Å²) in [5.74, 6) is 0.821. The summed E-state index contributed by atoms with van der Waals surface area (Å²) in [5, 5.41) is 41.8. The van der Waals surface area contributed by atoms with Gasteiger partial charge in [-0.3, -0.25) is 9.59 Å². The summed E-state index contributed by atoms with van der Waals surface area (Å²) in [6, 6.07) is 7.32. The molecule has 10 nitrogen and oxygen atoms in total. The molecule has 386 valence electrons. The number of aliphatic hydroxyl groups is 3. The second kappa shape index (κ2) is 16.9. The van der Waals surface area contributed by atoms with Gasteiger partial charge < -0.3 is 39.7 Å². The third-order valence-corrected chi connectivity index (χ3v) is 22.7. The van der Waals surface area contributed by atoms with Gasteiger partial charge >= 0.3 is 0 Å². The van der Waals surface area contributed by atoms with E-state index in [4.69, 9.17) is 9.47 Å². The van der Waals surface area contributed by atoms with Crippen molar-refractivity contribution >= 4 is 22.6 Å². The molecule has 2 aromatic heterocycles. The second-order valence-electron chi connectivity index (χ2n) is 26.9. The van der Waals surface area contributed by atoms with Gasteiger partial charge in [0.1, 0.15) is 11.9 Å². The number of rotatable bonds is 8. The monoisotopic (exact) mass is 972 g/mol. The Balaban J connectivity index is 0.998. The maximum atomic E-state index is 15.5. The molecule has 2 saturated heterocycles. The Bertz CT molecular complexity index is 2650. The lowest BCUT2D eigenvalue weighted by Crippen LogP contribution is -2.69. The van der Waals surface area contributed by atoms with Crippen molar-refractivity contribution in [3.63, 3.8) is 0 Å². The first kappa shape index (κ1) is 48.8. The average molecular weight is 972 g/mol. The largest absolute Gasteiger partial charge is 0.392 e. The molecule has 9 aliphatic rings. The number of aliphatic hydroxyl groups excluding tert-OH is 2. The van der Waals surface area contributed by atoms with E-state index in [1.807, 2.05) is 13.8 Å². The molecule has 1 spiro atoms. The zero-order chi connectivity index (χ0) is 49.7. The number of aromatic amines is 1. The number of ketones is 2. The molecule has 5 saturated carbocycles. The molecule has 6 aliphatic carbocycles. The summed E-state index contributed by atoms with van der Waals surface area (Å²) in [6.07, 6.45) is 20.1. The number of aryl methyl sites for hydroxylation is 1. The van der Waals surface area contributed by atoms with E-state index in [-0.39, 0.29) is 35.1 Å². The Morgan fingerprint density at radius 1 is 0.901 bits per heavy atom. The lowest BCUT2D eigenvalue weighted by atomic mass is 9.33. The van der Waals surface area contributed by atoms with Crippen molar-refractivity contribution in [1.29, 1.82) is 0 Å². The predicted molar refractivity (Wildman–Crippen MR) is 276 cm³/mol. The van der Waals surface area contributed by atoms with Gasteiger partial charge in [0.05, 0.1) is 34.4 Å². The number of Topliss-reactive ketones (excluding diaryl/α,β-unsaturated/α-hetero) is 2. The third-order valence-electron chi connectivity index (χ3n) is 22.7. The normalized spacial score (nSPS) is 40.4. The number of benzene rings is 1. The molecule has 3 aliphatic heterocycles. The molecule has 12 rings (SSSR count). The highest BCUT2D eigenvalue weighted by Crippen LogP contribution is 2.76. The van der Waals surface area contributed by atoms with Gasteiger partial charge in [-0.25, -0.2) is 0 Å². The number of nitrogens with one attached hydrogen (secondary N) is 2. The van der Waals surface area contributed by atoms with E-state index < -0.39 is 45.1 Å². The van der Waals surface area contributed by atoms with Crippen LogP contribution in [0.15, 0.2) is 41.7 Å². The molecule has 0 bridgehead atoms. The van der Waals surface area contributed by atoms with Gasteiger partial charge in [-0.2, -0.15) is 0 Å². The van der Waals surface area contributed by atoms with E-state index in [2.05, 4.69) is 80.2 Å². The van der Waals surface area contributed by atoms with E-state index in [9.17, 15) is 20.1 Å². The summed E-state index contributed by atoms with van der Waals surface area (Å²) >= 11 is 0. The third kappa shape index (κ3) is 7.34. The molecular weight excluding hydrogens is 887 g/mol. The minimum atomic E-state index is -0.913. The Morgan fingerprint density at radius 2 is 1.66 bits per heavy atom. The van der Waals surface area contributed by atoms with Crippen LogP contribution in [-0.4, -0.2) is 86.7 Å². The van der Waals surface area contributed by atoms with Gasteiger partial charge in [0.2, 0.25) is 0 Å². The zero-order valence-electron chi connectivity index (χ0n) is 44.2. The fourth-order valence-electron chi connectivity index (χ4n) is 18.9. The van der Waals surface area contributed by atoms with Crippen molar-refractivity contribution in [2.45, 2.75) is 218 Å². The summed E-state index contributed by atoms with van der Waals surface area (Å²) in [7, 11) is 2.05. The molecule has 10 heteroatoms. The fourth-order valence-corrected chi connectivity index (χ4v) is 18.9. The highest BCUT2D eigenvalue weighted by atomic mass is 16.6. The second-order valence-corrected chi connectivity index (χ2v) is 26.9. The number of H-pyrrole nitrogens is 1. The minimum Gasteiger partial charge on any atom is -0.392 e. The van der Waals surface area contributed by atoms with Crippen molar-refractivity contribution in [3.05, 3.63) is 69.6 Å². The first-order chi connectivity index (χ1) is 33.8. The minimum absolute atomic E-state index is 0.117. The Morgan fingerprint density at radius 3 is 2.39 bits per heavy atom. The highest BCUT2D eigenvalue weighted by molar-refractivity contribution is 6.02. The Hall–Kier alpha value is -3.12. The van der Waals surface area contributed by atoms with Gasteiger partial charge in [0.25, 0.3) is 0 Å². The number of carbonyl (C=O) groups is 2. The van der Waals surface area contributed by atoms with Gasteiger partial charge in [0.15, 0.2) is 5.78 Å². The van der Waals surface area contributed by atoms with Crippen LogP contribution < -0.4 is 5.32 Å². The molecule has 12 unspecified atom stereocenters. The number of nitrogens with zero attached hydrogens (tertiary/aromatic N) is 1. The van der Waals surface area contributed by atoms with E-state index in [1.165, 1.54) is 59.9 Å². The molecule has 0 amide bonds. The van der Waals surface area contributed by atoms with Gasteiger partial charge in [0, 0.05) is 92.6 Å². The zero-order valence-corrected chi connectivity index (χ0v) is 44.2. The van der Waals surface area contributed by atoms with Gasteiger partial charge in [-0.05, 0) is 159 Å². The molecule has 7 fully saturated rings. The SMILES string of the molecule is CNC1CCCC2(C1)C(=O)CCC1(C)C2CCC2(C)C1C(O)C1Cn3cc(Cc4cc(C5CCCCC5)cc(C5(O)CCOCC5)c4)c4[nH]cc(c43)CCC(C)(CC(O)C3OC3(C)C)C3=C1C2(C)CC3=O. The number of ether oxygens (including phenoxy) is 2. The van der Waals surface area contributed by atoms with Gasteiger partial charge in [-0.1, -0.05) is 71.6 Å². The Kier molecular flexibility index (Phi) is 11.6. The van der Waals surface area contributed by atoms with Crippen LogP contribution in [0.5, 0.6) is 0 Å². The molecule has 5 heterocycles. The van der Waals surface area contributed by atoms with E-state index in [0.29, 0.717) is 82.4 Å². The van der Waals surface area contributed by atoms with E-state index >= 15 is 4.79 Å². The molecule has 12 atom stereocenters. The van der Waals surface area contributed by atoms with Crippen LogP contribution in [0, 0.1) is 44.8 Å². The molecular formula is C61H85N3O7. The molecule has 0 radical (unpaired) electrons. The smallest absolute Gasteiger partial charge is 0.160 e. The van der Waals surface area contributed by atoms with Gasteiger partial charge in [-0.15, -0.1) is 0 Å². The summed E-state index contributed by atoms with van der Waals surface area (Å²) in [5.41, 5.74) is 6.69. The number of epoxide rings is 1. The van der Waals surface area contributed by atoms with E-state index in [0.717, 1.165) is 73.6 Å². The van der Waals surface area contributed by atoms with Crippen LogP contribution in [0.4, 0.5) is 0 Å². The molecule has 3 aromatic rings. The maximum Gasteiger partial charge on any atom is 0.160 e. The number of hydrogen-bond acceptors (Lipinski definition) is 8. The van der Waals surface area contributed by atoms with Crippen molar-refractivity contribution in [2.75, 3.05) is 20.3 Å². The van der Waals surface area contributed by atoms with Crippen LogP contribution in [0.3, 0.4) is 0 Å². The van der Waals surface area contributed by atoms with Crippen molar-refractivity contribution in [2.24, 2.45) is 44.8 Å². The number of fused-ring (bicyclic) bond motifs is 5. The topological polar surface area (TPSA) is 149 Å². The number of hydrogen-bond donors (Lipinski definition) is 5. The van der Waals surface area contributed by atoms with Crippen LogP contribution in [0.1, 0.15) is 191 Å². The van der Waals surface area contributed by atoms with Crippen LogP contribution in [0.25, 0.3) is 11.0 Å². The first-order valence-corrected chi connectivity index (χ1v) is 28.4. The lowest BCUT2D eigenvalue weighted by Gasteiger charge is -2.71. The fraction of sp³-hybridized carbons (Fsp3) is 0.738. The molecule has 1 aromatic carbocycles. The van der Waals surface area contributed by atoms with Crippen LogP contribution in [-0.2, 0) is 44.1 Å². The van der Waals surface area contributed by atoms with Crippen molar-refractivity contribution in [3.8, 4) is 0 Å². The summed E-state index contributed by atoms with van der Waals surface area (Å²) < 4.78 is 14.3. The summed E-state index contributed by atoms with van der Waals surface area (Å²) in [6.45, 7) is 15.2. The van der Waals surface area contributed by atoms with Crippen molar-refractivity contribution in [1.82, 2.24) is 14.9 Å². The summed E-state index contributed by atoms with van der Waals surface area (Å²) in [4.78, 5) is 33.9. The van der Waals surface area contributed by atoms with E-state index in [1.54, 1.807) is 0 Å². The highest BCUT2D eigenvalue weighted by Gasteiger charge is 2.73. The van der Waals surface area contributed by atoms with Crippen molar-refractivity contribution < 1.29 is 34.4 Å². The quantitative estimate of drug-likeness (QED) is 0.140. The maximum absolute atomic E-state index is 15.5. The standard InChI is InChI=1S/C61H85N3O7/c1-55(2)54(71-55)45(66)31-56(3)19-15-38-33-63-50-40(27-36-26-39(37-12-9-8-10-13-37)29-41(28-36)61(69)22-24-70-25-23-61)34-64(51(38)50)35-43-48-49(56)44(65)32-59(48,6)58(5)21-16-46-57(4,53(58)52(43)68)20-17-47(67)60(46)18-11-14-42(30-60)62-7/h26,28-29,33-34,37,42-43,45-46,52-54,62-63,66,68-69H,8-25,27,30-32,35H2,1-7H3. The first-order valence-electron chi connectivity index (χ1n) is 28.4. The molecule has 71 heavy (non-hydrogen) atoms. The molecule has 5 N–H and O–H groups in total. The predicted octanol–water partition coefficient (Wildman–Crippen LogP) is 10.3. The lowest BCUT2D eigenvalue weighted by molar-refractivity contribution is -0.227. The van der Waals surface area contributed by atoms with Crippen LogP contribution >= 0.6 is 0 Å².